The van der Waals surface area contributed by atoms with Crippen molar-refractivity contribution in [3.63, 3.8) is 0 Å². The maximum Gasteiger partial charge on any atom is 0.408 e. The molecule has 0 spiro atoms. The fourth-order valence-electron chi connectivity index (χ4n) is 3.96. The molecule has 9 heteroatoms. The zero-order valence-electron chi connectivity index (χ0n) is 19.6. The Kier molecular flexibility index (Phi) is 6.72. The van der Waals surface area contributed by atoms with Crippen LogP contribution in [0.2, 0.25) is 0 Å². The van der Waals surface area contributed by atoms with E-state index in [1.807, 2.05) is 0 Å². The molecule has 1 aliphatic heterocycles. The van der Waals surface area contributed by atoms with Crippen molar-refractivity contribution >= 4 is 30.1 Å². The van der Waals surface area contributed by atoms with Crippen LogP contribution in [0.25, 0.3) is 11.1 Å². The number of hydrogen-bond donors (Lipinski definition) is 1. The number of amides is 2. The second-order valence-corrected chi connectivity index (χ2v) is 12.8. The number of carbonyl (C=O) groups excluding carboxylic acids is 2. The van der Waals surface area contributed by atoms with Gasteiger partial charge in [-0.25, -0.2) is 13.6 Å². The van der Waals surface area contributed by atoms with Gasteiger partial charge < -0.3 is 19.5 Å². The summed E-state index contributed by atoms with van der Waals surface area (Å²) in [4.78, 5) is 26.2. The van der Waals surface area contributed by atoms with E-state index in [0.717, 1.165) is 4.90 Å². The van der Waals surface area contributed by atoms with Crippen LogP contribution in [0.3, 0.4) is 0 Å². The summed E-state index contributed by atoms with van der Waals surface area (Å²) in [6.07, 6.45) is -0.532. The first-order valence-corrected chi connectivity index (χ1v) is 13.3. The maximum atomic E-state index is 15.2. The fraction of sp³-hybridized carbons (Fsp3) is 0.417. The summed E-state index contributed by atoms with van der Waals surface area (Å²) in [7, 11) is -2.75. The topological polar surface area (TPSA) is 75.7 Å². The largest absolute Gasteiger partial charge is 0.444 e. The molecule has 0 bridgehead atoms. The zero-order valence-corrected chi connectivity index (χ0v) is 20.5. The Labute approximate surface area is 192 Å². The fourth-order valence-corrected chi connectivity index (χ4v) is 5.18. The molecule has 2 amide bonds. The predicted octanol–water partition coefficient (Wildman–Crippen LogP) is 4.90. The minimum absolute atomic E-state index is 0.0292. The third kappa shape index (κ3) is 5.27. The van der Waals surface area contributed by atoms with Crippen molar-refractivity contribution in [1.82, 2.24) is 5.32 Å². The number of nitrogens with one attached hydrogen (secondary N) is 1. The van der Waals surface area contributed by atoms with Gasteiger partial charge in [-0.15, -0.1) is 0 Å². The monoisotopic (exact) mass is 478 g/mol. The first kappa shape index (κ1) is 24.9. The normalized spacial score (nSPS) is 19.0. The molecule has 2 atom stereocenters. The number of halogens is 2. The smallest absolute Gasteiger partial charge is 0.408 e. The molecule has 2 unspecified atom stereocenters. The zero-order chi connectivity index (χ0) is 24.7. The Bertz CT molecular complexity index is 1140. The number of hydrogen-bond acceptors (Lipinski definition) is 4. The first-order chi connectivity index (χ1) is 15.2. The lowest BCUT2D eigenvalue weighted by molar-refractivity contribution is -0.119. The van der Waals surface area contributed by atoms with Crippen molar-refractivity contribution in [1.29, 1.82) is 0 Å². The van der Waals surface area contributed by atoms with E-state index in [-0.39, 0.29) is 17.7 Å². The Morgan fingerprint density at radius 3 is 2.33 bits per heavy atom. The summed E-state index contributed by atoms with van der Waals surface area (Å²) in [5.74, 6) is -2.86. The quantitative estimate of drug-likeness (QED) is 0.635. The molecule has 33 heavy (non-hydrogen) atoms. The predicted molar refractivity (Wildman–Crippen MR) is 126 cm³/mol. The summed E-state index contributed by atoms with van der Waals surface area (Å²) >= 11 is 0. The number of benzene rings is 2. The molecule has 1 saturated heterocycles. The van der Waals surface area contributed by atoms with Crippen LogP contribution in [0.4, 0.5) is 19.3 Å². The van der Waals surface area contributed by atoms with Gasteiger partial charge in [0.15, 0.2) is 11.6 Å². The number of anilines is 1. The molecule has 1 heterocycles. The molecule has 6 nitrogen and oxygen atoms in total. The summed E-state index contributed by atoms with van der Waals surface area (Å²) in [5, 5.41) is 2.96. The molecule has 0 saturated carbocycles. The van der Waals surface area contributed by atoms with Gasteiger partial charge in [0, 0.05) is 16.9 Å². The molecular weight excluding hydrogens is 449 g/mol. The molecular formula is C24H29F2N2O4P. The Hall–Kier alpha value is -2.73. The second kappa shape index (κ2) is 8.90. The molecule has 1 N–H and O–H groups in total. The third-order valence-corrected chi connectivity index (χ3v) is 6.89. The molecule has 1 aliphatic rings. The molecule has 2 aromatic carbocycles. The number of alkyl carbamates (subject to hydrolysis) is 1. The van der Waals surface area contributed by atoms with Gasteiger partial charge >= 0.3 is 6.09 Å². The lowest BCUT2D eigenvalue weighted by Gasteiger charge is -2.24. The SMILES string of the molecule is CC1CC(NC(=O)OC(C)(C)C)C(=O)N1c1ccc(-c2ccccc2P(C)(C)=O)c(F)c1F. The Morgan fingerprint density at radius 1 is 1.09 bits per heavy atom. The van der Waals surface area contributed by atoms with Crippen LogP contribution >= 0.6 is 7.14 Å². The summed E-state index contributed by atoms with van der Waals surface area (Å²) in [6, 6.07) is 7.93. The van der Waals surface area contributed by atoms with Crippen LogP contribution in [0.5, 0.6) is 0 Å². The number of carbonyl (C=O) groups is 2. The van der Waals surface area contributed by atoms with Crippen molar-refractivity contribution in [2.24, 2.45) is 0 Å². The van der Waals surface area contributed by atoms with Gasteiger partial charge in [0.05, 0.1) is 5.69 Å². The minimum atomic E-state index is -2.75. The van der Waals surface area contributed by atoms with E-state index in [4.69, 9.17) is 4.74 Å². The molecule has 1 fully saturated rings. The van der Waals surface area contributed by atoms with E-state index in [1.165, 1.54) is 12.1 Å². The summed E-state index contributed by atoms with van der Waals surface area (Å²) in [5.41, 5.74) is -0.632. The van der Waals surface area contributed by atoms with Gasteiger partial charge in [-0.3, -0.25) is 4.79 Å². The van der Waals surface area contributed by atoms with Crippen LogP contribution in [-0.2, 0) is 14.1 Å². The van der Waals surface area contributed by atoms with Crippen molar-refractivity contribution in [2.45, 2.75) is 51.8 Å². The van der Waals surface area contributed by atoms with E-state index in [1.54, 1.807) is 65.3 Å². The van der Waals surface area contributed by atoms with Gasteiger partial charge in [-0.05, 0) is 65.1 Å². The lowest BCUT2D eigenvalue weighted by Crippen LogP contribution is -2.44. The van der Waals surface area contributed by atoms with Gasteiger partial charge in [-0.2, -0.15) is 0 Å². The molecule has 3 rings (SSSR count). The Balaban J connectivity index is 1.93. The highest BCUT2D eigenvalue weighted by molar-refractivity contribution is 7.70. The van der Waals surface area contributed by atoms with Crippen LogP contribution in [-0.4, -0.2) is 43.0 Å². The van der Waals surface area contributed by atoms with Gasteiger partial charge in [-0.1, -0.05) is 24.3 Å². The lowest BCUT2D eigenvalue weighted by atomic mass is 10.0. The molecule has 2 aromatic rings. The average molecular weight is 478 g/mol. The van der Waals surface area contributed by atoms with Gasteiger partial charge in [0.1, 0.15) is 18.8 Å². The van der Waals surface area contributed by atoms with E-state index < -0.39 is 48.5 Å². The number of ether oxygens (including phenoxy) is 1. The molecule has 0 aromatic heterocycles. The van der Waals surface area contributed by atoms with E-state index in [9.17, 15) is 14.2 Å². The van der Waals surface area contributed by atoms with E-state index in [2.05, 4.69) is 5.32 Å². The average Bonchev–Trinajstić information content (AvgIpc) is 2.95. The maximum absolute atomic E-state index is 15.2. The van der Waals surface area contributed by atoms with E-state index >= 15 is 8.78 Å². The number of rotatable bonds is 4. The van der Waals surface area contributed by atoms with Crippen molar-refractivity contribution in [3.05, 3.63) is 48.0 Å². The highest BCUT2D eigenvalue weighted by Crippen LogP contribution is 2.41. The van der Waals surface area contributed by atoms with Crippen molar-refractivity contribution in [3.8, 4) is 11.1 Å². The van der Waals surface area contributed by atoms with Crippen LogP contribution in [0.15, 0.2) is 36.4 Å². The third-order valence-electron chi connectivity index (χ3n) is 5.34. The number of nitrogens with zero attached hydrogens (tertiary/aromatic N) is 1. The summed E-state index contributed by atoms with van der Waals surface area (Å²) in [6.45, 7) is 9.93. The highest BCUT2D eigenvalue weighted by Gasteiger charge is 2.41. The van der Waals surface area contributed by atoms with Gasteiger partial charge in [0.25, 0.3) is 0 Å². The van der Waals surface area contributed by atoms with Crippen LogP contribution < -0.4 is 15.5 Å². The second-order valence-electron chi connectivity index (χ2n) is 9.62. The standard InChI is InChI=1S/C24H29F2N2O4P/c1-14-13-17(27-23(30)32-24(2,3)4)22(29)28(14)18-12-11-16(20(25)21(18)26)15-9-7-8-10-19(15)33(5,6)31/h7-12,14,17H,13H2,1-6H3,(H,27,30). The molecule has 0 aliphatic carbocycles. The van der Waals surface area contributed by atoms with Crippen molar-refractivity contribution in [2.75, 3.05) is 18.2 Å². The van der Waals surface area contributed by atoms with E-state index in [0.29, 0.717) is 10.9 Å². The van der Waals surface area contributed by atoms with Crippen LogP contribution in [0.1, 0.15) is 34.1 Å². The van der Waals surface area contributed by atoms with Crippen LogP contribution in [0, 0.1) is 11.6 Å². The summed E-state index contributed by atoms with van der Waals surface area (Å²) < 4.78 is 48.3. The van der Waals surface area contributed by atoms with Gasteiger partial charge in [0.2, 0.25) is 5.91 Å². The first-order valence-electron chi connectivity index (χ1n) is 10.7. The Morgan fingerprint density at radius 2 is 1.73 bits per heavy atom. The van der Waals surface area contributed by atoms with Crippen molar-refractivity contribution < 1.29 is 27.7 Å². The molecule has 178 valence electrons. The highest BCUT2D eigenvalue weighted by atomic mass is 31.2. The minimum Gasteiger partial charge on any atom is -0.444 e. The molecule has 0 radical (unpaired) electrons.